The molecule has 1 aromatic heterocycles. The molecule has 1 aliphatic carbocycles. The van der Waals surface area contributed by atoms with Crippen molar-refractivity contribution in [3.63, 3.8) is 0 Å². The molecule has 0 unspecified atom stereocenters. The summed E-state index contributed by atoms with van der Waals surface area (Å²) >= 11 is 0. The number of nitrogens with one attached hydrogen (secondary N) is 1. The number of aliphatic hydroxyl groups is 1. The first-order chi connectivity index (χ1) is 7.70. The molecule has 0 radical (unpaired) electrons. The summed E-state index contributed by atoms with van der Waals surface area (Å²) in [6.07, 6.45) is 4.69. The van der Waals surface area contributed by atoms with E-state index in [0.717, 1.165) is 19.3 Å². The molecule has 1 fully saturated rings. The van der Waals surface area contributed by atoms with Crippen molar-refractivity contribution in [2.75, 3.05) is 6.61 Å². The van der Waals surface area contributed by atoms with Crippen molar-refractivity contribution in [1.82, 2.24) is 9.55 Å². The summed E-state index contributed by atoms with van der Waals surface area (Å²) in [5.74, 6) is 0.632. The lowest BCUT2D eigenvalue weighted by Crippen LogP contribution is -2.31. The van der Waals surface area contributed by atoms with Crippen LogP contribution in [0.5, 0.6) is 0 Å². The van der Waals surface area contributed by atoms with Crippen LogP contribution in [0.3, 0.4) is 0 Å². The summed E-state index contributed by atoms with van der Waals surface area (Å²) in [7, 11) is 0. The number of hydrogen-bond donors (Lipinski definition) is 2. The Bertz CT molecular complexity index is 463. The predicted octanol–water partition coefficient (Wildman–Crippen LogP) is -0.0548. The van der Waals surface area contributed by atoms with Crippen LogP contribution in [0.1, 0.15) is 19.3 Å². The summed E-state index contributed by atoms with van der Waals surface area (Å²) < 4.78 is 1.51. The lowest BCUT2D eigenvalue weighted by atomic mass is 9.97. The van der Waals surface area contributed by atoms with E-state index in [1.54, 1.807) is 0 Å². The van der Waals surface area contributed by atoms with E-state index in [9.17, 15) is 14.7 Å². The summed E-state index contributed by atoms with van der Waals surface area (Å²) in [5, 5.41) is 9.18. The maximum absolute atomic E-state index is 11.5. The van der Waals surface area contributed by atoms with Gasteiger partial charge in [-0.25, -0.2) is 4.79 Å². The van der Waals surface area contributed by atoms with Gasteiger partial charge in [0.1, 0.15) is 0 Å². The van der Waals surface area contributed by atoms with Gasteiger partial charge >= 0.3 is 5.69 Å². The second kappa shape index (κ2) is 4.65. The first kappa shape index (κ1) is 11.1. The van der Waals surface area contributed by atoms with Gasteiger partial charge in [0, 0.05) is 25.4 Å². The molecular weight excluding hydrogens is 208 g/mol. The van der Waals surface area contributed by atoms with Crippen molar-refractivity contribution < 1.29 is 5.11 Å². The van der Waals surface area contributed by atoms with Crippen LogP contribution < -0.4 is 11.2 Å². The Hall–Kier alpha value is -1.36. The SMILES string of the molecule is O=c1ccn(C[C@H]2CCC[C@@H]2CO)c(=O)[nH]1. The Kier molecular flexibility index (Phi) is 3.24. The number of nitrogens with zero attached hydrogens (tertiary/aromatic N) is 1. The number of H-pyrrole nitrogens is 1. The molecule has 1 aliphatic rings. The Morgan fingerprint density at radius 1 is 1.38 bits per heavy atom. The summed E-state index contributed by atoms with van der Waals surface area (Å²) in [6.45, 7) is 0.767. The fourth-order valence-corrected chi connectivity index (χ4v) is 2.43. The lowest BCUT2D eigenvalue weighted by Gasteiger charge is -2.17. The van der Waals surface area contributed by atoms with Crippen LogP contribution in [0.25, 0.3) is 0 Å². The summed E-state index contributed by atoms with van der Waals surface area (Å²) in [5.41, 5.74) is -0.734. The van der Waals surface area contributed by atoms with E-state index in [2.05, 4.69) is 4.98 Å². The van der Waals surface area contributed by atoms with Crippen molar-refractivity contribution in [3.8, 4) is 0 Å². The maximum Gasteiger partial charge on any atom is 0.328 e. The second-order valence-electron chi connectivity index (χ2n) is 4.40. The fraction of sp³-hybridized carbons (Fsp3) is 0.636. The average molecular weight is 224 g/mol. The van der Waals surface area contributed by atoms with Gasteiger partial charge in [0.05, 0.1) is 0 Å². The maximum atomic E-state index is 11.5. The minimum atomic E-state index is -0.369. The van der Waals surface area contributed by atoms with Gasteiger partial charge in [0.25, 0.3) is 5.56 Å². The summed E-state index contributed by atoms with van der Waals surface area (Å²) in [6, 6.07) is 1.35. The Balaban J connectivity index is 2.14. The highest BCUT2D eigenvalue weighted by molar-refractivity contribution is 4.85. The highest BCUT2D eigenvalue weighted by atomic mass is 16.3. The highest BCUT2D eigenvalue weighted by Crippen LogP contribution is 2.31. The molecule has 0 saturated heterocycles. The van der Waals surface area contributed by atoms with Crippen molar-refractivity contribution in [2.45, 2.75) is 25.8 Å². The molecule has 2 rings (SSSR count). The number of aromatic amines is 1. The molecule has 0 aliphatic heterocycles. The molecule has 88 valence electrons. The van der Waals surface area contributed by atoms with Gasteiger partial charge in [-0.15, -0.1) is 0 Å². The van der Waals surface area contributed by atoms with Crippen molar-refractivity contribution in [3.05, 3.63) is 33.1 Å². The van der Waals surface area contributed by atoms with Crippen molar-refractivity contribution in [1.29, 1.82) is 0 Å². The van der Waals surface area contributed by atoms with Gasteiger partial charge in [-0.05, 0) is 24.7 Å². The molecule has 5 heteroatoms. The first-order valence-electron chi connectivity index (χ1n) is 5.61. The second-order valence-corrected chi connectivity index (χ2v) is 4.40. The Morgan fingerprint density at radius 2 is 2.12 bits per heavy atom. The van der Waals surface area contributed by atoms with E-state index in [4.69, 9.17) is 0 Å². The molecule has 0 aromatic carbocycles. The third-order valence-corrected chi connectivity index (χ3v) is 3.38. The number of aliphatic hydroxyl groups excluding tert-OH is 1. The topological polar surface area (TPSA) is 75.1 Å². The highest BCUT2D eigenvalue weighted by Gasteiger charge is 2.26. The molecule has 1 heterocycles. The van der Waals surface area contributed by atoms with Crippen LogP contribution in [0, 0.1) is 11.8 Å². The van der Waals surface area contributed by atoms with Gasteiger partial charge in [0.2, 0.25) is 0 Å². The van der Waals surface area contributed by atoms with E-state index in [0.29, 0.717) is 18.4 Å². The molecular formula is C11H16N2O3. The lowest BCUT2D eigenvalue weighted by molar-refractivity contribution is 0.183. The van der Waals surface area contributed by atoms with E-state index < -0.39 is 0 Å². The van der Waals surface area contributed by atoms with E-state index in [1.165, 1.54) is 16.8 Å². The Morgan fingerprint density at radius 3 is 2.81 bits per heavy atom. The molecule has 0 amide bonds. The molecule has 1 saturated carbocycles. The minimum Gasteiger partial charge on any atom is -0.396 e. The molecule has 5 nitrogen and oxygen atoms in total. The molecule has 2 N–H and O–H groups in total. The van der Waals surface area contributed by atoms with Crippen LogP contribution in [0.4, 0.5) is 0 Å². The quantitative estimate of drug-likeness (QED) is 0.755. The van der Waals surface area contributed by atoms with Gasteiger partial charge < -0.3 is 9.67 Å². The van der Waals surface area contributed by atoms with Gasteiger partial charge in [-0.1, -0.05) is 6.42 Å². The van der Waals surface area contributed by atoms with E-state index in [1.807, 2.05) is 0 Å². The summed E-state index contributed by atoms with van der Waals surface area (Å²) in [4.78, 5) is 24.6. The smallest absolute Gasteiger partial charge is 0.328 e. The van der Waals surface area contributed by atoms with Crippen molar-refractivity contribution >= 4 is 0 Å². The van der Waals surface area contributed by atoms with Crippen molar-refractivity contribution in [2.24, 2.45) is 11.8 Å². The zero-order chi connectivity index (χ0) is 11.5. The molecule has 0 spiro atoms. The third kappa shape index (κ3) is 2.24. The molecule has 2 atom stereocenters. The largest absolute Gasteiger partial charge is 0.396 e. The number of rotatable bonds is 3. The molecule has 16 heavy (non-hydrogen) atoms. The van der Waals surface area contributed by atoms with Gasteiger partial charge in [-0.2, -0.15) is 0 Å². The number of aromatic nitrogens is 2. The molecule has 1 aromatic rings. The average Bonchev–Trinajstić information content (AvgIpc) is 2.69. The van der Waals surface area contributed by atoms with Crippen LogP contribution >= 0.6 is 0 Å². The van der Waals surface area contributed by atoms with Crippen LogP contribution in [-0.4, -0.2) is 21.3 Å². The van der Waals surface area contributed by atoms with Gasteiger partial charge in [-0.3, -0.25) is 9.78 Å². The Labute approximate surface area is 92.7 Å². The molecule has 0 bridgehead atoms. The monoisotopic (exact) mass is 224 g/mol. The standard InChI is InChI=1S/C11H16N2O3/c14-7-9-3-1-2-8(9)6-13-5-4-10(15)12-11(13)16/h4-5,8-9,14H,1-3,6-7H2,(H,12,15,16)/t8-,9-/m1/s1. The third-order valence-electron chi connectivity index (χ3n) is 3.38. The van der Waals surface area contributed by atoms with E-state index >= 15 is 0 Å². The zero-order valence-electron chi connectivity index (χ0n) is 9.06. The fourth-order valence-electron chi connectivity index (χ4n) is 2.43. The zero-order valence-corrected chi connectivity index (χ0v) is 9.06. The van der Waals surface area contributed by atoms with Crippen LogP contribution in [-0.2, 0) is 6.54 Å². The van der Waals surface area contributed by atoms with Crippen LogP contribution in [0.15, 0.2) is 21.9 Å². The van der Waals surface area contributed by atoms with Gasteiger partial charge in [0.15, 0.2) is 0 Å². The van der Waals surface area contributed by atoms with E-state index in [-0.39, 0.29) is 17.9 Å². The normalized spacial score (nSPS) is 24.8. The van der Waals surface area contributed by atoms with Crippen LogP contribution in [0.2, 0.25) is 0 Å². The first-order valence-corrected chi connectivity index (χ1v) is 5.61. The number of hydrogen-bond acceptors (Lipinski definition) is 3. The minimum absolute atomic E-state index is 0.183. The predicted molar refractivity (Wildman–Crippen MR) is 59.2 cm³/mol.